The SMILES string of the molecule is CCN1C(=O)C(Nc2cncc3ccccc23)=C(C(C)=O)C(C(=O)O)N1Cc1cccc(Cl)c1. The van der Waals surface area contributed by atoms with Crippen LogP contribution in [0.1, 0.15) is 19.4 Å². The number of aromatic nitrogens is 1. The van der Waals surface area contributed by atoms with Gasteiger partial charge in [0.25, 0.3) is 5.91 Å². The predicted molar refractivity (Wildman–Crippen MR) is 129 cm³/mol. The van der Waals surface area contributed by atoms with E-state index < -0.39 is 23.7 Å². The molecule has 2 heterocycles. The molecule has 1 aromatic heterocycles. The number of benzene rings is 2. The van der Waals surface area contributed by atoms with E-state index in [1.54, 1.807) is 43.6 Å². The average Bonchev–Trinajstić information content (AvgIpc) is 2.80. The van der Waals surface area contributed by atoms with Gasteiger partial charge in [-0.1, -0.05) is 48.0 Å². The highest BCUT2D eigenvalue weighted by molar-refractivity contribution is 6.30. The Bertz CT molecular complexity index is 1320. The number of halogens is 1. The van der Waals surface area contributed by atoms with Gasteiger partial charge >= 0.3 is 5.97 Å². The third kappa shape index (κ3) is 4.37. The topological polar surface area (TPSA) is 103 Å². The molecular weight excluding hydrogens is 456 g/mol. The van der Waals surface area contributed by atoms with Gasteiger partial charge in [0.1, 0.15) is 5.70 Å². The highest BCUT2D eigenvalue weighted by atomic mass is 35.5. The van der Waals surface area contributed by atoms with E-state index in [1.165, 1.54) is 16.9 Å². The smallest absolute Gasteiger partial charge is 0.327 e. The Balaban J connectivity index is 1.85. The molecule has 9 heteroatoms. The molecule has 0 fully saturated rings. The molecule has 1 aliphatic heterocycles. The van der Waals surface area contributed by atoms with Gasteiger partial charge in [0, 0.05) is 35.1 Å². The van der Waals surface area contributed by atoms with Gasteiger partial charge in [-0.15, -0.1) is 0 Å². The fourth-order valence-corrected chi connectivity index (χ4v) is 4.41. The molecule has 4 rings (SSSR count). The number of carboxylic acid groups (broad SMARTS) is 1. The van der Waals surface area contributed by atoms with Crippen molar-refractivity contribution in [2.75, 3.05) is 11.9 Å². The highest BCUT2D eigenvalue weighted by Gasteiger charge is 2.45. The molecule has 1 amide bonds. The molecular formula is C25H23ClN4O4. The lowest BCUT2D eigenvalue weighted by molar-refractivity contribution is -0.164. The van der Waals surface area contributed by atoms with Crippen molar-refractivity contribution in [3.63, 3.8) is 0 Å². The lowest BCUT2D eigenvalue weighted by Gasteiger charge is -2.43. The Kier molecular flexibility index (Phi) is 6.63. The van der Waals surface area contributed by atoms with Gasteiger partial charge in [-0.2, -0.15) is 5.01 Å². The number of rotatable bonds is 7. The molecule has 0 saturated heterocycles. The minimum atomic E-state index is -1.38. The van der Waals surface area contributed by atoms with Crippen LogP contribution in [0.2, 0.25) is 5.02 Å². The summed E-state index contributed by atoms with van der Waals surface area (Å²) in [5.74, 6) is -2.25. The first-order valence-corrected chi connectivity index (χ1v) is 11.1. The van der Waals surface area contributed by atoms with Crippen molar-refractivity contribution < 1.29 is 19.5 Å². The van der Waals surface area contributed by atoms with Crippen LogP contribution in [0.25, 0.3) is 10.8 Å². The number of nitrogens with zero attached hydrogens (tertiary/aromatic N) is 3. The van der Waals surface area contributed by atoms with E-state index in [-0.39, 0.29) is 24.4 Å². The first kappa shape index (κ1) is 23.4. The number of likely N-dealkylation sites (N-methyl/N-ethyl adjacent to an activating group) is 1. The van der Waals surface area contributed by atoms with Crippen LogP contribution < -0.4 is 5.32 Å². The summed E-state index contributed by atoms with van der Waals surface area (Å²) in [7, 11) is 0. The second-order valence-corrected chi connectivity index (χ2v) is 8.30. The van der Waals surface area contributed by atoms with Crippen molar-refractivity contribution in [1.82, 2.24) is 15.0 Å². The molecule has 0 aliphatic carbocycles. The van der Waals surface area contributed by atoms with Crippen molar-refractivity contribution in [1.29, 1.82) is 0 Å². The van der Waals surface area contributed by atoms with E-state index in [0.717, 1.165) is 10.8 Å². The molecule has 3 aromatic rings. The lowest BCUT2D eigenvalue weighted by atomic mass is 9.96. The van der Waals surface area contributed by atoms with Gasteiger partial charge in [-0.25, -0.2) is 0 Å². The van der Waals surface area contributed by atoms with E-state index in [2.05, 4.69) is 10.3 Å². The van der Waals surface area contributed by atoms with Crippen LogP contribution >= 0.6 is 11.6 Å². The Morgan fingerprint density at radius 1 is 1.15 bits per heavy atom. The van der Waals surface area contributed by atoms with Crippen LogP contribution in [-0.4, -0.2) is 50.4 Å². The first-order chi connectivity index (χ1) is 16.3. The van der Waals surface area contributed by atoms with Gasteiger partial charge in [-0.05, 0) is 31.5 Å². The number of fused-ring (bicyclic) bond motifs is 1. The molecule has 0 saturated carbocycles. The summed E-state index contributed by atoms with van der Waals surface area (Å²) in [6, 6.07) is 13.0. The Morgan fingerprint density at radius 2 is 1.91 bits per heavy atom. The van der Waals surface area contributed by atoms with Gasteiger partial charge in [0.2, 0.25) is 0 Å². The normalized spacial score (nSPS) is 16.7. The molecule has 1 aliphatic rings. The van der Waals surface area contributed by atoms with Crippen molar-refractivity contribution in [3.8, 4) is 0 Å². The van der Waals surface area contributed by atoms with Crippen molar-refractivity contribution in [2.24, 2.45) is 0 Å². The number of ketones is 1. The van der Waals surface area contributed by atoms with Gasteiger partial charge < -0.3 is 10.4 Å². The number of anilines is 1. The molecule has 8 nitrogen and oxygen atoms in total. The number of hydrogen-bond acceptors (Lipinski definition) is 6. The third-order valence-electron chi connectivity index (χ3n) is 5.67. The number of nitrogens with one attached hydrogen (secondary N) is 1. The van der Waals surface area contributed by atoms with Crippen molar-refractivity contribution >= 4 is 45.7 Å². The van der Waals surface area contributed by atoms with Crippen LogP contribution in [0.4, 0.5) is 5.69 Å². The van der Waals surface area contributed by atoms with Gasteiger partial charge in [-0.3, -0.25) is 24.4 Å². The van der Waals surface area contributed by atoms with Crippen LogP contribution in [0.5, 0.6) is 0 Å². The van der Waals surface area contributed by atoms with Crippen LogP contribution in [0.15, 0.2) is 72.2 Å². The minimum absolute atomic E-state index is 0.0674. The van der Waals surface area contributed by atoms with E-state index in [1.807, 2.05) is 24.3 Å². The maximum atomic E-state index is 13.6. The zero-order chi connectivity index (χ0) is 24.4. The highest BCUT2D eigenvalue weighted by Crippen LogP contribution is 2.31. The molecule has 34 heavy (non-hydrogen) atoms. The quantitative estimate of drug-likeness (QED) is 0.531. The Morgan fingerprint density at radius 3 is 2.59 bits per heavy atom. The number of carboxylic acids is 1. The van der Waals surface area contributed by atoms with E-state index in [4.69, 9.17) is 11.6 Å². The molecule has 1 unspecified atom stereocenters. The fourth-order valence-electron chi connectivity index (χ4n) is 4.20. The van der Waals surface area contributed by atoms with Gasteiger partial charge in [0.05, 0.1) is 17.5 Å². The third-order valence-corrected chi connectivity index (χ3v) is 5.91. The summed E-state index contributed by atoms with van der Waals surface area (Å²) in [4.78, 5) is 43.1. The van der Waals surface area contributed by atoms with E-state index >= 15 is 0 Å². The number of amides is 1. The zero-order valence-corrected chi connectivity index (χ0v) is 19.4. The standard InChI is InChI=1S/C25H23ClN4O4/c1-3-29-24(32)22(28-20-13-27-12-17-8-4-5-10-19(17)20)21(15(2)31)23(25(33)34)30(29)14-16-7-6-9-18(26)11-16/h4-13,23,28H,3,14H2,1-2H3,(H,33,34). The summed E-state index contributed by atoms with van der Waals surface area (Å²) < 4.78 is 0. The monoisotopic (exact) mass is 478 g/mol. The first-order valence-electron chi connectivity index (χ1n) is 10.7. The second-order valence-electron chi connectivity index (χ2n) is 7.87. The summed E-state index contributed by atoms with van der Waals surface area (Å²) in [6.07, 6.45) is 3.24. The zero-order valence-electron chi connectivity index (χ0n) is 18.7. The molecule has 1 atom stereocenters. The van der Waals surface area contributed by atoms with Gasteiger partial charge in [0.15, 0.2) is 11.8 Å². The lowest BCUT2D eigenvalue weighted by Crippen LogP contribution is -2.60. The molecule has 0 spiro atoms. The number of hydrogen-bond donors (Lipinski definition) is 2. The maximum absolute atomic E-state index is 13.6. The number of pyridine rings is 1. The summed E-state index contributed by atoms with van der Waals surface area (Å²) in [6.45, 7) is 3.29. The summed E-state index contributed by atoms with van der Waals surface area (Å²) in [5.41, 5.74) is 1.03. The van der Waals surface area contributed by atoms with Crippen molar-refractivity contribution in [2.45, 2.75) is 26.4 Å². The average molecular weight is 479 g/mol. The molecule has 0 bridgehead atoms. The summed E-state index contributed by atoms with van der Waals surface area (Å²) >= 11 is 6.11. The fraction of sp³-hybridized carbons (Fsp3) is 0.200. The minimum Gasteiger partial charge on any atom is -0.480 e. The Hall–Kier alpha value is -3.75. The van der Waals surface area contributed by atoms with E-state index in [9.17, 15) is 19.5 Å². The Labute approximate surface area is 201 Å². The second kappa shape index (κ2) is 9.62. The number of carbonyl (C=O) groups excluding carboxylic acids is 2. The van der Waals surface area contributed by atoms with Crippen molar-refractivity contribution in [3.05, 3.63) is 82.8 Å². The molecule has 2 aromatic carbocycles. The summed E-state index contributed by atoms with van der Waals surface area (Å²) in [5, 5.41) is 18.1. The van der Waals surface area contributed by atoms with E-state index in [0.29, 0.717) is 16.3 Å². The van der Waals surface area contributed by atoms with Crippen LogP contribution in [0, 0.1) is 0 Å². The van der Waals surface area contributed by atoms with Crippen LogP contribution in [0.3, 0.4) is 0 Å². The number of aliphatic carboxylic acids is 1. The molecule has 2 N–H and O–H groups in total. The largest absolute Gasteiger partial charge is 0.480 e. The maximum Gasteiger partial charge on any atom is 0.327 e. The number of Topliss-reactive ketones (excluding diaryl/α,β-unsaturated/α-hetero) is 1. The molecule has 0 radical (unpaired) electrons. The number of carbonyl (C=O) groups is 3. The predicted octanol–water partition coefficient (Wildman–Crippen LogP) is 3.88. The van der Waals surface area contributed by atoms with Crippen LogP contribution in [-0.2, 0) is 20.9 Å². The molecule has 174 valence electrons. The number of hydrazine groups is 1.